The minimum absolute atomic E-state index is 0.201. The van der Waals surface area contributed by atoms with Gasteiger partial charge in [-0.15, -0.1) is 0 Å². The van der Waals surface area contributed by atoms with Gasteiger partial charge in [0.25, 0.3) is 0 Å². The number of carbonyl (C=O) groups excluding carboxylic acids is 1. The minimum Gasteiger partial charge on any atom is -0.298 e. The third-order valence-corrected chi connectivity index (χ3v) is 1.44. The molecule has 0 atom stereocenters. The maximum atomic E-state index is 11.0. The van der Waals surface area contributed by atoms with E-state index in [4.69, 9.17) is 0 Å². The fourth-order valence-corrected chi connectivity index (χ4v) is 0.891. The van der Waals surface area contributed by atoms with Crippen LogP contribution in [0.25, 0.3) is 0 Å². The summed E-state index contributed by atoms with van der Waals surface area (Å²) in [6.45, 7) is 1.08. The number of hydrogen-bond donors (Lipinski definition) is 0. The summed E-state index contributed by atoms with van der Waals surface area (Å²) in [5.74, 6) is -0.269. The van der Waals surface area contributed by atoms with E-state index in [0.29, 0.717) is 0 Å². The molecule has 0 amide bonds. The van der Waals surface area contributed by atoms with Crippen LogP contribution in [0.2, 0.25) is 0 Å². The number of nitro groups is 1. The van der Waals surface area contributed by atoms with Gasteiger partial charge in [-0.1, -0.05) is 0 Å². The van der Waals surface area contributed by atoms with Crippen LogP contribution < -0.4 is 5.69 Å². The summed E-state index contributed by atoms with van der Waals surface area (Å²) in [4.78, 5) is 34.6. The zero-order valence-corrected chi connectivity index (χ0v) is 7.34. The zero-order chi connectivity index (χ0) is 10.7. The first-order valence-electron chi connectivity index (χ1n) is 3.71. The van der Waals surface area contributed by atoms with E-state index in [0.717, 1.165) is 17.0 Å². The van der Waals surface area contributed by atoms with E-state index >= 15 is 0 Å². The fraction of sp³-hybridized carbons (Fsp3) is 0.286. The summed E-state index contributed by atoms with van der Waals surface area (Å²) in [6, 6.07) is 0. The minimum atomic E-state index is -0.678. The Morgan fingerprint density at radius 3 is 2.86 bits per heavy atom. The number of ketones is 1. The monoisotopic (exact) mass is 197 g/mol. The molecular formula is C7H7N3O4. The first-order chi connectivity index (χ1) is 6.50. The molecule has 0 aliphatic rings. The summed E-state index contributed by atoms with van der Waals surface area (Å²) in [5.41, 5.74) is -0.989. The molecule has 1 aromatic heterocycles. The Hall–Kier alpha value is -2.05. The summed E-state index contributed by atoms with van der Waals surface area (Å²) in [6.07, 6.45) is 1.86. The van der Waals surface area contributed by atoms with Gasteiger partial charge in [-0.3, -0.25) is 19.5 Å². The molecule has 7 heteroatoms. The quantitative estimate of drug-likeness (QED) is 0.491. The molecule has 1 aromatic rings. The van der Waals surface area contributed by atoms with E-state index in [9.17, 15) is 19.7 Å². The van der Waals surface area contributed by atoms with Crippen LogP contribution in [0.5, 0.6) is 0 Å². The van der Waals surface area contributed by atoms with Crippen molar-refractivity contribution >= 4 is 11.5 Å². The Morgan fingerprint density at radius 1 is 1.71 bits per heavy atom. The molecule has 0 unspecified atom stereocenters. The number of hydrogen-bond acceptors (Lipinski definition) is 5. The smallest absolute Gasteiger partial charge is 0.298 e. The lowest BCUT2D eigenvalue weighted by Crippen LogP contribution is -2.25. The zero-order valence-electron chi connectivity index (χ0n) is 7.34. The van der Waals surface area contributed by atoms with E-state index in [1.54, 1.807) is 0 Å². The largest absolute Gasteiger partial charge is 0.348 e. The fourth-order valence-electron chi connectivity index (χ4n) is 0.891. The molecule has 0 aliphatic heterocycles. The maximum absolute atomic E-state index is 11.0. The van der Waals surface area contributed by atoms with Crippen molar-refractivity contribution in [3.63, 3.8) is 0 Å². The Labute approximate surface area is 78.2 Å². The van der Waals surface area contributed by atoms with Crippen LogP contribution in [0, 0.1) is 10.1 Å². The van der Waals surface area contributed by atoms with Gasteiger partial charge >= 0.3 is 11.4 Å². The summed E-state index contributed by atoms with van der Waals surface area (Å²) >= 11 is 0. The Morgan fingerprint density at radius 2 is 2.36 bits per heavy atom. The van der Waals surface area contributed by atoms with E-state index < -0.39 is 10.6 Å². The number of aromatic nitrogens is 2. The first kappa shape index (κ1) is 10.0. The van der Waals surface area contributed by atoms with E-state index in [1.165, 1.54) is 6.92 Å². The van der Waals surface area contributed by atoms with Gasteiger partial charge < -0.3 is 0 Å². The van der Waals surface area contributed by atoms with Crippen LogP contribution in [0.1, 0.15) is 6.92 Å². The van der Waals surface area contributed by atoms with Crippen molar-refractivity contribution in [2.75, 3.05) is 0 Å². The van der Waals surface area contributed by atoms with Crippen molar-refractivity contribution in [3.05, 3.63) is 33.0 Å². The predicted octanol–water partition coefficient (Wildman–Crippen LogP) is -0.260. The third-order valence-electron chi connectivity index (χ3n) is 1.44. The lowest BCUT2D eigenvalue weighted by Gasteiger charge is -1.99. The van der Waals surface area contributed by atoms with Crippen LogP contribution in [0.4, 0.5) is 5.69 Å². The van der Waals surface area contributed by atoms with Gasteiger partial charge in [0.05, 0.1) is 17.7 Å². The molecule has 0 saturated carbocycles. The average Bonchev–Trinajstić information content (AvgIpc) is 2.07. The lowest BCUT2D eigenvalue weighted by molar-refractivity contribution is -0.385. The van der Waals surface area contributed by atoms with Gasteiger partial charge in [0.15, 0.2) is 0 Å². The van der Waals surface area contributed by atoms with Gasteiger partial charge in [0.2, 0.25) is 0 Å². The normalized spacial score (nSPS) is 9.79. The van der Waals surface area contributed by atoms with Crippen molar-refractivity contribution < 1.29 is 9.72 Å². The molecule has 0 saturated heterocycles. The van der Waals surface area contributed by atoms with Crippen molar-refractivity contribution in [3.8, 4) is 0 Å². The number of rotatable bonds is 3. The second-order valence-electron chi connectivity index (χ2n) is 2.68. The summed E-state index contributed by atoms with van der Waals surface area (Å²) in [5, 5.41) is 10.3. The maximum Gasteiger partial charge on any atom is 0.348 e. The Bertz CT molecular complexity index is 437. The van der Waals surface area contributed by atoms with Gasteiger partial charge in [-0.25, -0.2) is 4.79 Å². The highest BCUT2D eigenvalue weighted by atomic mass is 16.6. The first-order valence-corrected chi connectivity index (χ1v) is 3.71. The lowest BCUT2D eigenvalue weighted by atomic mass is 10.4. The molecule has 1 rings (SSSR count). The van der Waals surface area contributed by atoms with Crippen molar-refractivity contribution in [1.29, 1.82) is 0 Å². The van der Waals surface area contributed by atoms with Gasteiger partial charge in [0.1, 0.15) is 12.0 Å². The topological polar surface area (TPSA) is 95.1 Å². The molecule has 0 radical (unpaired) electrons. The number of carbonyl (C=O) groups is 1. The second-order valence-corrected chi connectivity index (χ2v) is 2.68. The predicted molar refractivity (Wildman–Crippen MR) is 45.8 cm³/mol. The van der Waals surface area contributed by atoms with Crippen LogP contribution in [-0.4, -0.2) is 20.3 Å². The molecule has 0 bridgehead atoms. The highest BCUT2D eigenvalue weighted by Gasteiger charge is 2.09. The van der Waals surface area contributed by atoms with Gasteiger partial charge in [-0.05, 0) is 6.92 Å². The Balaban J connectivity index is 3.15. The molecule has 0 N–H and O–H groups in total. The van der Waals surface area contributed by atoms with Crippen LogP contribution in [-0.2, 0) is 11.3 Å². The molecule has 0 fully saturated rings. The van der Waals surface area contributed by atoms with Crippen LogP contribution in [0.3, 0.4) is 0 Å². The van der Waals surface area contributed by atoms with Crippen molar-refractivity contribution in [2.45, 2.75) is 13.5 Å². The summed E-state index contributed by atoms with van der Waals surface area (Å²) < 4.78 is 0.903. The van der Waals surface area contributed by atoms with Gasteiger partial charge in [0, 0.05) is 0 Å². The summed E-state index contributed by atoms with van der Waals surface area (Å²) in [7, 11) is 0. The van der Waals surface area contributed by atoms with Crippen molar-refractivity contribution in [2.24, 2.45) is 0 Å². The molecule has 1 heterocycles. The average molecular weight is 197 g/mol. The molecule has 74 valence electrons. The van der Waals surface area contributed by atoms with E-state index in [1.807, 2.05) is 0 Å². The number of Topliss-reactive ketones (excluding diaryl/α,β-unsaturated/α-hetero) is 1. The van der Waals surface area contributed by atoms with Crippen molar-refractivity contribution in [1.82, 2.24) is 9.55 Å². The highest BCUT2D eigenvalue weighted by Crippen LogP contribution is 2.04. The molecule has 0 aliphatic carbocycles. The Kier molecular flexibility index (Phi) is 2.70. The standard InChI is InChI=1S/C7H7N3O4/c1-5(11)3-9-4-6(10(13)14)2-8-7(9)12/h2,4H,3H2,1H3. The van der Waals surface area contributed by atoms with E-state index in [-0.39, 0.29) is 18.0 Å². The van der Waals surface area contributed by atoms with Crippen LogP contribution >= 0.6 is 0 Å². The van der Waals surface area contributed by atoms with E-state index in [2.05, 4.69) is 4.98 Å². The molecule has 14 heavy (non-hydrogen) atoms. The molecular weight excluding hydrogens is 190 g/mol. The van der Waals surface area contributed by atoms with Gasteiger partial charge in [-0.2, -0.15) is 4.98 Å². The van der Waals surface area contributed by atoms with Crippen LogP contribution in [0.15, 0.2) is 17.2 Å². The SMILES string of the molecule is CC(=O)Cn1cc([N+](=O)[O-])cnc1=O. The molecule has 0 spiro atoms. The molecule has 0 aromatic carbocycles. The second kappa shape index (κ2) is 3.77. The highest BCUT2D eigenvalue weighted by molar-refractivity contribution is 5.75. The number of nitrogens with zero attached hydrogens (tertiary/aromatic N) is 3. The molecule has 7 nitrogen and oxygen atoms in total. The third kappa shape index (κ3) is 2.22.